The first kappa shape index (κ1) is 11.1. The van der Waals surface area contributed by atoms with Gasteiger partial charge in [-0.3, -0.25) is 0 Å². The minimum atomic E-state index is -0.377. The van der Waals surface area contributed by atoms with Gasteiger partial charge in [-0.1, -0.05) is 9.64 Å². The number of hydrogen-bond acceptors (Lipinski definition) is 8. The van der Waals surface area contributed by atoms with Crippen LogP contribution in [0.4, 0.5) is 0 Å². The lowest BCUT2D eigenvalue weighted by Gasteiger charge is -2.05. The fraction of sp³-hybridized carbons (Fsp3) is 0.500. The molecule has 0 saturated heterocycles. The smallest absolute Gasteiger partial charge is 0.271 e. The number of nitrogens with zero attached hydrogens (tertiary/aromatic N) is 4. The van der Waals surface area contributed by atoms with Crippen molar-refractivity contribution in [1.82, 2.24) is 19.7 Å². The largest absolute Gasteiger partial charge is 0.380 e. The van der Waals surface area contributed by atoms with E-state index in [4.69, 9.17) is 15.0 Å². The zero-order valence-corrected chi connectivity index (χ0v) is 9.48. The molecule has 2 aromatic rings. The van der Waals surface area contributed by atoms with Gasteiger partial charge in [-0.15, -0.1) is 5.10 Å². The summed E-state index contributed by atoms with van der Waals surface area (Å²) in [6.45, 7) is 2.88. The van der Waals surface area contributed by atoms with E-state index in [0.717, 1.165) is 4.88 Å². The zero-order valence-electron chi connectivity index (χ0n) is 8.66. The lowest BCUT2D eigenvalue weighted by Crippen LogP contribution is -2.18. The first-order valence-electron chi connectivity index (χ1n) is 4.76. The average molecular weight is 241 g/mol. The first-order chi connectivity index (χ1) is 7.81. The molecule has 2 rings (SSSR count). The Balaban J connectivity index is 2.07. The maximum atomic E-state index is 5.81. The van der Waals surface area contributed by atoms with E-state index in [-0.39, 0.29) is 6.04 Å². The molecule has 0 bridgehead atoms. The van der Waals surface area contributed by atoms with Gasteiger partial charge in [0, 0.05) is 6.61 Å². The number of hydrogen-bond donors (Lipinski definition) is 1. The number of rotatable bonds is 5. The van der Waals surface area contributed by atoms with E-state index >= 15 is 0 Å². The molecule has 1 atom stereocenters. The third-order valence-corrected chi connectivity index (χ3v) is 2.50. The van der Waals surface area contributed by atoms with Crippen molar-refractivity contribution in [3.05, 3.63) is 12.0 Å². The molecular formula is C8H11N5O2S. The van der Waals surface area contributed by atoms with E-state index in [2.05, 4.69) is 19.7 Å². The molecule has 0 saturated carbocycles. The molecule has 0 amide bonds. The fourth-order valence-electron chi connectivity index (χ4n) is 1.07. The maximum absolute atomic E-state index is 5.81. The summed E-state index contributed by atoms with van der Waals surface area (Å²) in [4.78, 5) is 4.88. The SMILES string of the molecule is CCOCC(N)c1noc(-c2cnns2)n1. The maximum Gasteiger partial charge on any atom is 0.271 e. The Morgan fingerprint density at radius 3 is 3.19 bits per heavy atom. The van der Waals surface area contributed by atoms with Crippen LogP contribution in [0.2, 0.25) is 0 Å². The molecule has 0 aliphatic heterocycles. The van der Waals surface area contributed by atoms with Crippen LogP contribution in [0.15, 0.2) is 10.7 Å². The van der Waals surface area contributed by atoms with Crippen molar-refractivity contribution in [1.29, 1.82) is 0 Å². The highest BCUT2D eigenvalue weighted by atomic mass is 32.1. The van der Waals surface area contributed by atoms with Crippen molar-refractivity contribution in [2.75, 3.05) is 13.2 Å². The van der Waals surface area contributed by atoms with E-state index in [9.17, 15) is 0 Å². The van der Waals surface area contributed by atoms with Crippen molar-refractivity contribution >= 4 is 11.5 Å². The Labute approximate surface area is 95.8 Å². The molecule has 8 heteroatoms. The third-order valence-electron chi connectivity index (χ3n) is 1.85. The molecule has 0 aromatic carbocycles. The van der Waals surface area contributed by atoms with Crippen LogP contribution in [-0.4, -0.2) is 32.9 Å². The molecule has 86 valence electrons. The molecule has 16 heavy (non-hydrogen) atoms. The van der Waals surface area contributed by atoms with Crippen LogP contribution in [0.25, 0.3) is 10.8 Å². The molecule has 7 nitrogen and oxygen atoms in total. The van der Waals surface area contributed by atoms with Crippen molar-refractivity contribution < 1.29 is 9.26 Å². The van der Waals surface area contributed by atoms with Crippen molar-refractivity contribution in [2.24, 2.45) is 5.73 Å². The van der Waals surface area contributed by atoms with Crippen LogP contribution < -0.4 is 5.73 Å². The topological polar surface area (TPSA) is 100.0 Å². The summed E-state index contributed by atoms with van der Waals surface area (Å²) in [6, 6.07) is -0.377. The summed E-state index contributed by atoms with van der Waals surface area (Å²) >= 11 is 1.19. The normalized spacial score (nSPS) is 12.9. The summed E-state index contributed by atoms with van der Waals surface area (Å²) in [5.41, 5.74) is 5.81. The highest BCUT2D eigenvalue weighted by Crippen LogP contribution is 2.20. The molecule has 2 heterocycles. The van der Waals surface area contributed by atoms with Crippen LogP contribution in [0.5, 0.6) is 0 Å². The molecule has 2 aromatic heterocycles. The fourth-order valence-corrected chi connectivity index (χ4v) is 1.50. The second kappa shape index (κ2) is 5.10. The quantitative estimate of drug-likeness (QED) is 0.819. The second-order valence-electron chi connectivity index (χ2n) is 3.01. The standard InChI is InChI=1S/C8H11N5O2S/c1-2-14-4-5(9)7-11-8(15-12-7)6-3-10-13-16-6/h3,5H,2,4,9H2,1H3. The molecule has 0 aliphatic rings. The van der Waals surface area contributed by atoms with Gasteiger partial charge in [-0.25, -0.2) is 0 Å². The summed E-state index contributed by atoms with van der Waals surface area (Å²) in [5.74, 6) is 0.814. The summed E-state index contributed by atoms with van der Waals surface area (Å²) in [5, 5.41) is 7.47. The Kier molecular flexibility index (Phi) is 3.54. The molecule has 1 unspecified atom stereocenters. The van der Waals surface area contributed by atoms with Gasteiger partial charge in [0.2, 0.25) is 0 Å². The van der Waals surface area contributed by atoms with Crippen molar-refractivity contribution in [3.63, 3.8) is 0 Å². The van der Waals surface area contributed by atoms with Gasteiger partial charge < -0.3 is 15.0 Å². The lowest BCUT2D eigenvalue weighted by atomic mass is 10.3. The third kappa shape index (κ3) is 2.40. The molecule has 2 N–H and O–H groups in total. The average Bonchev–Trinajstić information content (AvgIpc) is 2.94. The highest BCUT2D eigenvalue weighted by Gasteiger charge is 2.16. The van der Waals surface area contributed by atoms with E-state index < -0.39 is 0 Å². The molecule has 0 fully saturated rings. The van der Waals surface area contributed by atoms with Gasteiger partial charge >= 0.3 is 0 Å². The Hall–Kier alpha value is -1.38. The minimum Gasteiger partial charge on any atom is -0.380 e. The number of ether oxygens (including phenoxy) is 1. The predicted molar refractivity (Wildman–Crippen MR) is 56.6 cm³/mol. The lowest BCUT2D eigenvalue weighted by molar-refractivity contribution is 0.130. The molecule has 0 radical (unpaired) electrons. The van der Waals surface area contributed by atoms with Crippen LogP contribution in [0.3, 0.4) is 0 Å². The van der Waals surface area contributed by atoms with Gasteiger partial charge in [-0.2, -0.15) is 4.98 Å². The Morgan fingerprint density at radius 1 is 1.62 bits per heavy atom. The summed E-state index contributed by atoms with van der Waals surface area (Å²) in [6.07, 6.45) is 1.57. The van der Waals surface area contributed by atoms with Crippen LogP contribution in [0.1, 0.15) is 18.8 Å². The van der Waals surface area contributed by atoms with Gasteiger partial charge in [-0.05, 0) is 18.5 Å². The van der Waals surface area contributed by atoms with Crippen LogP contribution in [0, 0.1) is 0 Å². The molecular weight excluding hydrogens is 230 g/mol. The van der Waals surface area contributed by atoms with Crippen LogP contribution in [-0.2, 0) is 4.74 Å². The van der Waals surface area contributed by atoms with E-state index in [1.807, 2.05) is 6.92 Å². The minimum absolute atomic E-state index is 0.371. The Morgan fingerprint density at radius 2 is 2.50 bits per heavy atom. The summed E-state index contributed by atoms with van der Waals surface area (Å²) < 4.78 is 13.9. The number of nitrogens with two attached hydrogens (primary N) is 1. The van der Waals surface area contributed by atoms with Gasteiger partial charge in [0.1, 0.15) is 4.88 Å². The molecule has 0 aliphatic carbocycles. The highest BCUT2D eigenvalue weighted by molar-refractivity contribution is 7.09. The van der Waals surface area contributed by atoms with E-state index in [1.165, 1.54) is 11.5 Å². The van der Waals surface area contributed by atoms with Gasteiger partial charge in [0.05, 0.1) is 18.8 Å². The van der Waals surface area contributed by atoms with Crippen molar-refractivity contribution in [2.45, 2.75) is 13.0 Å². The zero-order chi connectivity index (χ0) is 11.4. The predicted octanol–water partition coefficient (Wildman–Crippen LogP) is 0.624. The van der Waals surface area contributed by atoms with E-state index in [1.54, 1.807) is 6.20 Å². The monoisotopic (exact) mass is 241 g/mol. The molecule has 0 spiro atoms. The summed E-state index contributed by atoms with van der Waals surface area (Å²) in [7, 11) is 0. The number of aromatic nitrogens is 4. The van der Waals surface area contributed by atoms with Gasteiger partial charge in [0.25, 0.3) is 5.89 Å². The van der Waals surface area contributed by atoms with Crippen molar-refractivity contribution in [3.8, 4) is 10.8 Å². The Bertz CT molecular complexity index is 429. The second-order valence-corrected chi connectivity index (χ2v) is 3.79. The van der Waals surface area contributed by atoms with E-state index in [0.29, 0.717) is 24.9 Å². The van der Waals surface area contributed by atoms with Gasteiger partial charge in [0.15, 0.2) is 5.82 Å². The first-order valence-corrected chi connectivity index (χ1v) is 5.53. The van der Waals surface area contributed by atoms with Crippen LogP contribution >= 0.6 is 11.5 Å².